The molecule has 0 aromatic carbocycles. The van der Waals surface area contributed by atoms with Gasteiger partial charge in [-0.3, -0.25) is 9.59 Å². The largest absolute Gasteiger partial charge is 0.481 e. The van der Waals surface area contributed by atoms with E-state index in [1.54, 1.807) is 23.3 Å². The van der Waals surface area contributed by atoms with Crippen molar-refractivity contribution in [1.29, 1.82) is 0 Å². The van der Waals surface area contributed by atoms with Crippen LogP contribution >= 0.6 is 11.3 Å². The first-order valence-electron chi connectivity index (χ1n) is 6.49. The van der Waals surface area contributed by atoms with Crippen molar-refractivity contribution < 1.29 is 14.7 Å². The minimum Gasteiger partial charge on any atom is -0.481 e. The summed E-state index contributed by atoms with van der Waals surface area (Å²) in [6.45, 7) is 2.58. The van der Waals surface area contributed by atoms with Gasteiger partial charge in [-0.1, -0.05) is 13.0 Å². The van der Waals surface area contributed by atoms with Gasteiger partial charge in [0.25, 0.3) is 0 Å². The first-order valence-corrected chi connectivity index (χ1v) is 7.37. The van der Waals surface area contributed by atoms with Crippen molar-refractivity contribution in [3.8, 4) is 0 Å². The van der Waals surface area contributed by atoms with Crippen molar-refractivity contribution in [3.05, 3.63) is 22.4 Å². The predicted octanol–water partition coefficient (Wildman–Crippen LogP) is 2.45. The number of rotatable bonds is 4. The quantitative estimate of drug-likeness (QED) is 0.922. The summed E-state index contributed by atoms with van der Waals surface area (Å²) in [5.41, 5.74) is 0. The Hall–Kier alpha value is -1.36. The van der Waals surface area contributed by atoms with Crippen molar-refractivity contribution in [2.45, 2.75) is 26.3 Å². The molecule has 0 aliphatic heterocycles. The molecule has 0 spiro atoms. The maximum Gasteiger partial charge on any atom is 0.307 e. The summed E-state index contributed by atoms with van der Waals surface area (Å²) in [4.78, 5) is 26.4. The second kappa shape index (κ2) is 5.74. The van der Waals surface area contributed by atoms with E-state index in [9.17, 15) is 14.7 Å². The van der Waals surface area contributed by atoms with Crippen LogP contribution in [0.25, 0.3) is 0 Å². The van der Waals surface area contributed by atoms with E-state index in [4.69, 9.17) is 0 Å². The number of carboxylic acid groups (broad SMARTS) is 1. The van der Waals surface area contributed by atoms with E-state index in [1.807, 2.05) is 24.4 Å². The third-order valence-corrected chi connectivity index (χ3v) is 4.64. The molecule has 5 heteroatoms. The molecule has 1 aromatic heterocycles. The smallest absolute Gasteiger partial charge is 0.307 e. The summed E-state index contributed by atoms with van der Waals surface area (Å²) in [6, 6.07) is 3.94. The number of hydrogen-bond donors (Lipinski definition) is 1. The minimum atomic E-state index is -0.841. The number of carbonyl (C=O) groups is 2. The molecular weight excluding hydrogens is 262 g/mol. The average Bonchev–Trinajstić information content (AvgIpc) is 2.97. The van der Waals surface area contributed by atoms with Crippen LogP contribution in [0.5, 0.6) is 0 Å². The molecule has 104 valence electrons. The summed E-state index contributed by atoms with van der Waals surface area (Å²) in [5, 5.41) is 11.2. The first kappa shape index (κ1) is 14.1. The Morgan fingerprint density at radius 2 is 2.11 bits per heavy atom. The average molecular weight is 281 g/mol. The molecule has 0 radical (unpaired) electrons. The van der Waals surface area contributed by atoms with Crippen LogP contribution in [0.3, 0.4) is 0 Å². The molecule has 1 fully saturated rings. The molecule has 1 heterocycles. The van der Waals surface area contributed by atoms with Crippen LogP contribution in [0, 0.1) is 17.8 Å². The molecule has 1 aliphatic carbocycles. The van der Waals surface area contributed by atoms with Crippen LogP contribution in [0.2, 0.25) is 0 Å². The van der Waals surface area contributed by atoms with E-state index >= 15 is 0 Å². The lowest BCUT2D eigenvalue weighted by molar-refractivity contribution is -0.148. The highest BCUT2D eigenvalue weighted by molar-refractivity contribution is 7.09. The number of hydrogen-bond acceptors (Lipinski definition) is 3. The molecule has 1 amide bonds. The third kappa shape index (κ3) is 3.15. The van der Waals surface area contributed by atoms with Crippen molar-refractivity contribution in [2.75, 3.05) is 7.05 Å². The molecule has 4 nitrogen and oxygen atoms in total. The summed E-state index contributed by atoms with van der Waals surface area (Å²) in [6.07, 6.45) is 1.29. The number of amides is 1. The summed E-state index contributed by atoms with van der Waals surface area (Å²) in [5.74, 6) is -1.45. The zero-order valence-corrected chi connectivity index (χ0v) is 12.0. The van der Waals surface area contributed by atoms with Crippen molar-refractivity contribution in [2.24, 2.45) is 17.8 Å². The first-order chi connectivity index (χ1) is 8.99. The highest BCUT2D eigenvalue weighted by atomic mass is 32.1. The number of aliphatic carboxylic acids is 1. The monoisotopic (exact) mass is 281 g/mol. The fourth-order valence-corrected chi connectivity index (χ4v) is 3.59. The molecule has 1 aliphatic rings. The molecule has 1 aromatic rings. The zero-order valence-electron chi connectivity index (χ0n) is 11.2. The number of carboxylic acids is 1. The van der Waals surface area contributed by atoms with E-state index in [0.717, 1.165) is 4.88 Å². The maximum absolute atomic E-state index is 12.4. The summed E-state index contributed by atoms with van der Waals surface area (Å²) >= 11 is 1.61. The SMILES string of the molecule is CC1C[C@H](C(=O)N(C)Cc2cccs2)[C@H](C(=O)O)C1. The van der Waals surface area contributed by atoms with Gasteiger partial charge in [-0.15, -0.1) is 11.3 Å². The zero-order chi connectivity index (χ0) is 14.0. The Kier molecular flexibility index (Phi) is 4.24. The summed E-state index contributed by atoms with van der Waals surface area (Å²) in [7, 11) is 1.75. The molecule has 19 heavy (non-hydrogen) atoms. The Bertz CT molecular complexity index is 457. The van der Waals surface area contributed by atoms with E-state index in [-0.39, 0.29) is 11.8 Å². The van der Waals surface area contributed by atoms with E-state index in [2.05, 4.69) is 0 Å². The van der Waals surface area contributed by atoms with Crippen LogP contribution in [0.15, 0.2) is 17.5 Å². The van der Waals surface area contributed by atoms with E-state index < -0.39 is 11.9 Å². The molecule has 1 saturated carbocycles. The molecule has 0 saturated heterocycles. The van der Waals surface area contributed by atoms with Crippen molar-refractivity contribution >= 4 is 23.2 Å². The highest BCUT2D eigenvalue weighted by Gasteiger charge is 2.42. The second-order valence-corrected chi connectivity index (χ2v) is 6.43. The third-order valence-electron chi connectivity index (χ3n) is 3.78. The number of nitrogens with zero attached hydrogens (tertiary/aromatic N) is 1. The molecular formula is C14H19NO3S. The van der Waals surface area contributed by atoms with Gasteiger partial charge in [-0.05, 0) is 30.2 Å². The van der Waals surface area contributed by atoms with Crippen LogP contribution in [-0.2, 0) is 16.1 Å². The predicted molar refractivity (Wildman–Crippen MR) is 73.8 cm³/mol. The van der Waals surface area contributed by atoms with E-state index in [0.29, 0.717) is 25.3 Å². The van der Waals surface area contributed by atoms with Gasteiger partial charge in [0.2, 0.25) is 5.91 Å². The topological polar surface area (TPSA) is 57.6 Å². The Labute approximate surface area is 117 Å². The van der Waals surface area contributed by atoms with Gasteiger partial charge < -0.3 is 10.0 Å². The maximum atomic E-state index is 12.4. The molecule has 2 rings (SSSR count). The van der Waals surface area contributed by atoms with Crippen LogP contribution in [0.4, 0.5) is 0 Å². The molecule has 1 unspecified atom stereocenters. The second-order valence-electron chi connectivity index (χ2n) is 5.40. The van der Waals surface area contributed by atoms with Gasteiger partial charge in [0.1, 0.15) is 0 Å². The molecule has 3 atom stereocenters. The highest BCUT2D eigenvalue weighted by Crippen LogP contribution is 2.37. The van der Waals surface area contributed by atoms with Gasteiger partial charge in [-0.25, -0.2) is 0 Å². The lowest BCUT2D eigenvalue weighted by Gasteiger charge is -2.23. The van der Waals surface area contributed by atoms with Gasteiger partial charge in [0.15, 0.2) is 0 Å². The van der Waals surface area contributed by atoms with Gasteiger partial charge in [0.05, 0.1) is 18.4 Å². The van der Waals surface area contributed by atoms with Gasteiger partial charge in [-0.2, -0.15) is 0 Å². The lowest BCUT2D eigenvalue weighted by atomic mass is 9.95. The summed E-state index contributed by atoms with van der Waals surface area (Å²) < 4.78 is 0. The van der Waals surface area contributed by atoms with Crippen LogP contribution in [0.1, 0.15) is 24.6 Å². The van der Waals surface area contributed by atoms with Crippen LogP contribution < -0.4 is 0 Å². The van der Waals surface area contributed by atoms with Gasteiger partial charge in [0, 0.05) is 11.9 Å². The lowest BCUT2D eigenvalue weighted by Crippen LogP contribution is -2.36. The number of thiophene rings is 1. The van der Waals surface area contributed by atoms with E-state index in [1.165, 1.54) is 0 Å². The fraction of sp³-hybridized carbons (Fsp3) is 0.571. The fourth-order valence-electron chi connectivity index (χ4n) is 2.83. The molecule has 0 bridgehead atoms. The number of carbonyl (C=O) groups excluding carboxylic acids is 1. The van der Waals surface area contributed by atoms with Crippen LogP contribution in [-0.4, -0.2) is 28.9 Å². The normalized spacial score (nSPS) is 26.3. The van der Waals surface area contributed by atoms with Crippen molar-refractivity contribution in [3.63, 3.8) is 0 Å². The Morgan fingerprint density at radius 3 is 2.68 bits per heavy atom. The Balaban J connectivity index is 2.03. The Morgan fingerprint density at radius 1 is 1.42 bits per heavy atom. The van der Waals surface area contributed by atoms with Crippen molar-refractivity contribution in [1.82, 2.24) is 4.90 Å². The minimum absolute atomic E-state index is 0.0369. The van der Waals surface area contributed by atoms with Gasteiger partial charge >= 0.3 is 5.97 Å². The molecule has 1 N–H and O–H groups in total. The standard InChI is InChI=1S/C14H19NO3S/c1-9-6-11(12(7-9)14(17)18)13(16)15(2)8-10-4-3-5-19-10/h3-5,9,11-12H,6-8H2,1-2H3,(H,17,18)/t9?,11-,12+/m0/s1.